The van der Waals surface area contributed by atoms with Crippen LogP contribution in [0.1, 0.15) is 38.5 Å². The van der Waals surface area contributed by atoms with Crippen molar-refractivity contribution in [2.24, 2.45) is 5.41 Å². The molecule has 0 spiro atoms. The second-order valence-corrected chi connectivity index (χ2v) is 7.21. The number of nitrogens with zero attached hydrogens (tertiary/aromatic N) is 1. The molecule has 17 heavy (non-hydrogen) atoms. The molecule has 0 unspecified atom stereocenters. The maximum Gasteiger partial charge on any atom is 0.127 e. The number of rotatable bonds is 3. The molecule has 0 bridgehead atoms. The molecule has 0 aromatic heterocycles. The third-order valence-electron chi connectivity index (χ3n) is 4.16. The summed E-state index contributed by atoms with van der Waals surface area (Å²) in [4.78, 5) is 13.8. The number of carbonyl (C=O) groups excluding carboxylic acids is 1. The molecule has 1 saturated heterocycles. The normalized spacial score (nSPS) is 27.5. The maximum atomic E-state index is 11.5. The van der Waals surface area contributed by atoms with Crippen LogP contribution in [-0.4, -0.2) is 46.5 Å². The summed E-state index contributed by atoms with van der Waals surface area (Å²) in [7, 11) is -0.616. The Bertz CT molecular complexity index is 275. The van der Waals surface area contributed by atoms with E-state index in [2.05, 4.69) is 4.90 Å². The van der Waals surface area contributed by atoms with Gasteiger partial charge >= 0.3 is 0 Å². The molecule has 0 N–H and O–H groups in total. The molecule has 2 rings (SSSR count). The van der Waals surface area contributed by atoms with Gasteiger partial charge < -0.3 is 9.69 Å². The highest BCUT2D eigenvalue weighted by Gasteiger charge is 2.33. The van der Waals surface area contributed by atoms with Gasteiger partial charge in [0.1, 0.15) is 6.29 Å². The van der Waals surface area contributed by atoms with Crippen LogP contribution in [0, 0.1) is 5.41 Å². The van der Waals surface area contributed by atoms with Crippen molar-refractivity contribution in [2.45, 2.75) is 38.5 Å². The molecular formula is C13H23NO2S. The number of carbonyl (C=O) groups is 1. The van der Waals surface area contributed by atoms with E-state index >= 15 is 0 Å². The summed E-state index contributed by atoms with van der Waals surface area (Å²) in [5, 5.41) is 0. The van der Waals surface area contributed by atoms with Crippen molar-refractivity contribution in [1.82, 2.24) is 4.90 Å². The van der Waals surface area contributed by atoms with E-state index < -0.39 is 10.8 Å². The first-order chi connectivity index (χ1) is 8.24. The zero-order valence-corrected chi connectivity index (χ0v) is 11.3. The SMILES string of the molecule is O=CC1(CN2CCS(=O)CC2)CCCCCC1. The lowest BCUT2D eigenvalue weighted by Gasteiger charge is -2.35. The Hall–Kier alpha value is -0.220. The molecule has 0 aromatic carbocycles. The van der Waals surface area contributed by atoms with Crippen molar-refractivity contribution in [3.8, 4) is 0 Å². The van der Waals surface area contributed by atoms with Gasteiger partial charge in [-0.05, 0) is 12.8 Å². The summed E-state index contributed by atoms with van der Waals surface area (Å²) in [5.41, 5.74) is -0.102. The van der Waals surface area contributed by atoms with Crippen LogP contribution in [0.15, 0.2) is 0 Å². The minimum Gasteiger partial charge on any atom is -0.303 e. The van der Waals surface area contributed by atoms with Crippen LogP contribution in [0.2, 0.25) is 0 Å². The first-order valence-corrected chi connectivity index (χ1v) is 8.27. The van der Waals surface area contributed by atoms with E-state index in [1.54, 1.807) is 0 Å². The average Bonchev–Trinajstić information content (AvgIpc) is 2.58. The highest BCUT2D eigenvalue weighted by molar-refractivity contribution is 7.85. The summed E-state index contributed by atoms with van der Waals surface area (Å²) in [6.45, 7) is 2.71. The predicted octanol–water partition coefficient (Wildman–Crippen LogP) is 1.59. The van der Waals surface area contributed by atoms with Gasteiger partial charge in [-0.1, -0.05) is 25.7 Å². The highest BCUT2D eigenvalue weighted by Crippen LogP contribution is 2.34. The van der Waals surface area contributed by atoms with Crippen LogP contribution in [0.25, 0.3) is 0 Å². The molecule has 3 nitrogen and oxygen atoms in total. The first kappa shape index (κ1) is 13.2. The van der Waals surface area contributed by atoms with Crippen LogP contribution >= 0.6 is 0 Å². The lowest BCUT2D eigenvalue weighted by atomic mass is 9.81. The third-order valence-corrected chi connectivity index (χ3v) is 5.43. The van der Waals surface area contributed by atoms with Gasteiger partial charge in [0.25, 0.3) is 0 Å². The van der Waals surface area contributed by atoms with Gasteiger partial charge in [0, 0.05) is 47.4 Å². The van der Waals surface area contributed by atoms with Crippen molar-refractivity contribution < 1.29 is 9.00 Å². The van der Waals surface area contributed by atoms with Gasteiger partial charge in [-0.2, -0.15) is 0 Å². The summed E-state index contributed by atoms with van der Waals surface area (Å²) < 4.78 is 11.3. The zero-order valence-electron chi connectivity index (χ0n) is 10.5. The highest BCUT2D eigenvalue weighted by atomic mass is 32.2. The minimum atomic E-state index is -0.616. The van der Waals surface area contributed by atoms with Gasteiger partial charge in [0.05, 0.1) is 0 Å². The molecule has 1 aliphatic carbocycles. The second-order valence-electron chi connectivity index (χ2n) is 5.52. The Morgan fingerprint density at radius 1 is 1.06 bits per heavy atom. The monoisotopic (exact) mass is 257 g/mol. The molecule has 1 heterocycles. The van der Waals surface area contributed by atoms with Crippen LogP contribution in [0.4, 0.5) is 0 Å². The zero-order chi connectivity index (χ0) is 12.1. The van der Waals surface area contributed by atoms with Crippen molar-refractivity contribution in [3.05, 3.63) is 0 Å². The van der Waals surface area contributed by atoms with Gasteiger partial charge in [-0.3, -0.25) is 4.21 Å². The van der Waals surface area contributed by atoms with Gasteiger partial charge in [0.15, 0.2) is 0 Å². The molecule has 2 fully saturated rings. The summed E-state index contributed by atoms with van der Waals surface area (Å²) in [6.07, 6.45) is 8.26. The molecule has 0 aromatic rings. The Kier molecular flexibility index (Phi) is 4.74. The fourth-order valence-corrected chi connectivity index (χ4v) is 4.15. The van der Waals surface area contributed by atoms with Gasteiger partial charge in [0.2, 0.25) is 0 Å². The summed E-state index contributed by atoms with van der Waals surface area (Å²) in [5.74, 6) is 1.57. The van der Waals surface area contributed by atoms with E-state index in [0.717, 1.165) is 44.0 Å². The molecule has 1 aliphatic heterocycles. The van der Waals surface area contributed by atoms with Crippen molar-refractivity contribution in [3.63, 3.8) is 0 Å². The largest absolute Gasteiger partial charge is 0.303 e. The summed E-state index contributed by atoms with van der Waals surface area (Å²) >= 11 is 0. The van der Waals surface area contributed by atoms with E-state index in [1.807, 2.05) is 0 Å². The standard InChI is InChI=1S/C13H23NO2S/c15-12-13(5-3-1-2-4-6-13)11-14-7-9-17(16)10-8-14/h12H,1-11H2. The molecular weight excluding hydrogens is 234 g/mol. The number of aldehydes is 1. The smallest absolute Gasteiger partial charge is 0.127 e. The lowest BCUT2D eigenvalue weighted by Crippen LogP contribution is -2.45. The first-order valence-electron chi connectivity index (χ1n) is 6.78. The fourth-order valence-electron chi connectivity index (χ4n) is 3.03. The molecule has 1 saturated carbocycles. The molecule has 0 amide bonds. The molecule has 4 heteroatoms. The second kappa shape index (κ2) is 6.10. The Morgan fingerprint density at radius 2 is 1.65 bits per heavy atom. The van der Waals surface area contributed by atoms with Crippen LogP contribution < -0.4 is 0 Å². The topological polar surface area (TPSA) is 37.4 Å². The average molecular weight is 257 g/mol. The van der Waals surface area contributed by atoms with Gasteiger partial charge in [-0.15, -0.1) is 0 Å². The predicted molar refractivity (Wildman–Crippen MR) is 70.5 cm³/mol. The van der Waals surface area contributed by atoms with Crippen molar-refractivity contribution in [1.29, 1.82) is 0 Å². The van der Waals surface area contributed by atoms with E-state index in [4.69, 9.17) is 0 Å². The Labute approximate surface area is 106 Å². The van der Waals surface area contributed by atoms with E-state index in [-0.39, 0.29) is 5.41 Å². The van der Waals surface area contributed by atoms with Crippen LogP contribution in [-0.2, 0) is 15.6 Å². The maximum absolute atomic E-state index is 11.5. The Balaban J connectivity index is 1.93. The van der Waals surface area contributed by atoms with Crippen molar-refractivity contribution in [2.75, 3.05) is 31.1 Å². The molecule has 0 radical (unpaired) electrons. The Morgan fingerprint density at radius 3 is 2.18 bits per heavy atom. The van der Waals surface area contributed by atoms with Crippen molar-refractivity contribution >= 4 is 17.1 Å². The number of hydrogen-bond donors (Lipinski definition) is 0. The van der Waals surface area contributed by atoms with Crippen LogP contribution in [0.5, 0.6) is 0 Å². The quantitative estimate of drug-likeness (QED) is 0.569. The van der Waals surface area contributed by atoms with Crippen LogP contribution in [0.3, 0.4) is 0 Å². The van der Waals surface area contributed by atoms with E-state index in [1.165, 1.54) is 32.0 Å². The lowest BCUT2D eigenvalue weighted by molar-refractivity contribution is -0.118. The molecule has 2 aliphatic rings. The fraction of sp³-hybridized carbons (Fsp3) is 0.923. The number of hydrogen-bond acceptors (Lipinski definition) is 3. The molecule has 98 valence electrons. The minimum absolute atomic E-state index is 0.102. The van der Waals surface area contributed by atoms with Gasteiger partial charge in [-0.25, -0.2) is 0 Å². The third kappa shape index (κ3) is 3.62. The summed E-state index contributed by atoms with van der Waals surface area (Å²) in [6, 6.07) is 0. The van der Waals surface area contributed by atoms with E-state index in [9.17, 15) is 9.00 Å². The van der Waals surface area contributed by atoms with E-state index in [0.29, 0.717) is 0 Å². The molecule has 0 atom stereocenters.